The van der Waals surface area contributed by atoms with Gasteiger partial charge in [-0.15, -0.1) is 0 Å². The number of sulfonamides is 1. The normalized spacial score (nSPS) is 12.1. The van der Waals surface area contributed by atoms with Crippen molar-refractivity contribution in [3.8, 4) is 0 Å². The van der Waals surface area contributed by atoms with Crippen molar-refractivity contribution in [1.82, 2.24) is 4.31 Å². The molecule has 0 fully saturated rings. The Morgan fingerprint density at radius 2 is 2.05 bits per heavy atom. The van der Waals surface area contributed by atoms with E-state index in [1.165, 1.54) is 19.1 Å². The third-order valence-corrected chi connectivity index (χ3v) is 4.74. The number of nitrogens with zero attached hydrogens (tertiary/aromatic N) is 2. The molecule has 1 rings (SSSR count). The van der Waals surface area contributed by atoms with Crippen molar-refractivity contribution in [2.75, 3.05) is 19.7 Å². The van der Waals surface area contributed by atoms with E-state index in [1.807, 2.05) is 0 Å². The molecule has 118 valence electrons. The number of hydrogen-bond acceptors (Lipinski definition) is 5. The lowest BCUT2D eigenvalue weighted by molar-refractivity contribution is -0.387. The van der Waals surface area contributed by atoms with Crippen molar-refractivity contribution in [2.45, 2.75) is 18.2 Å². The van der Waals surface area contributed by atoms with Gasteiger partial charge in [-0.05, 0) is 12.5 Å². The summed E-state index contributed by atoms with van der Waals surface area (Å²) in [6.07, 6.45) is -2.96. The van der Waals surface area contributed by atoms with Gasteiger partial charge in [-0.2, -0.15) is 4.31 Å². The number of alkyl halides is 2. The fourth-order valence-electron chi connectivity index (χ4n) is 1.82. The first-order valence-corrected chi connectivity index (χ1v) is 7.29. The molecule has 0 atom stereocenters. The van der Waals surface area contributed by atoms with E-state index in [-0.39, 0.29) is 5.56 Å². The van der Waals surface area contributed by atoms with Crippen LogP contribution in [0.1, 0.15) is 5.56 Å². The molecule has 0 amide bonds. The van der Waals surface area contributed by atoms with Crippen LogP contribution in [0.3, 0.4) is 0 Å². The second-order valence-electron chi connectivity index (χ2n) is 4.16. The molecule has 7 nitrogen and oxygen atoms in total. The van der Waals surface area contributed by atoms with Crippen molar-refractivity contribution in [3.63, 3.8) is 0 Å². The minimum Gasteiger partial charge on any atom is -0.395 e. The maximum atomic E-state index is 12.5. The standard InChI is InChI=1S/C11H14F2N2O5S/c1-8-3-2-4-9(15(17)18)11(8)21(19,20)14(5-6-16)7-10(12)13/h2-4,10,16H,5-7H2,1H3. The molecule has 1 N–H and O–H groups in total. The quantitative estimate of drug-likeness (QED) is 0.599. The molecule has 10 heteroatoms. The Bertz CT molecular complexity index is 621. The van der Waals surface area contributed by atoms with E-state index < -0.39 is 51.7 Å². The van der Waals surface area contributed by atoms with E-state index >= 15 is 0 Å². The van der Waals surface area contributed by atoms with E-state index in [4.69, 9.17) is 5.11 Å². The van der Waals surface area contributed by atoms with Crippen molar-refractivity contribution in [2.24, 2.45) is 0 Å². The molecule has 0 unspecified atom stereocenters. The summed E-state index contributed by atoms with van der Waals surface area (Å²) in [6, 6.07) is 3.62. The van der Waals surface area contributed by atoms with Crippen LogP contribution in [-0.2, 0) is 10.0 Å². The molecule has 21 heavy (non-hydrogen) atoms. The summed E-state index contributed by atoms with van der Waals surface area (Å²) in [7, 11) is -4.51. The van der Waals surface area contributed by atoms with Gasteiger partial charge in [0.15, 0.2) is 4.90 Å². The van der Waals surface area contributed by atoms with Crippen LogP contribution in [0.15, 0.2) is 23.1 Å². The first-order chi connectivity index (χ1) is 9.71. The van der Waals surface area contributed by atoms with Gasteiger partial charge in [-0.25, -0.2) is 17.2 Å². The van der Waals surface area contributed by atoms with Crippen LogP contribution < -0.4 is 0 Å². The Morgan fingerprint density at radius 1 is 1.43 bits per heavy atom. The summed E-state index contributed by atoms with van der Waals surface area (Å²) in [4.78, 5) is 9.42. The SMILES string of the molecule is Cc1cccc([N+](=O)[O-])c1S(=O)(=O)N(CCO)CC(F)F. The van der Waals surface area contributed by atoms with Gasteiger partial charge >= 0.3 is 0 Å². The summed E-state index contributed by atoms with van der Waals surface area (Å²) in [5, 5.41) is 19.8. The molecular formula is C11H14F2N2O5S. The van der Waals surface area contributed by atoms with Crippen molar-refractivity contribution < 1.29 is 27.2 Å². The molecular weight excluding hydrogens is 310 g/mol. The second-order valence-corrected chi connectivity index (χ2v) is 6.03. The van der Waals surface area contributed by atoms with Gasteiger partial charge in [0.05, 0.1) is 18.1 Å². The molecule has 0 aliphatic carbocycles. The predicted octanol–water partition coefficient (Wildman–Crippen LogP) is 1.15. The number of aliphatic hydroxyl groups excluding tert-OH is 1. The Balaban J connectivity index is 3.44. The average molecular weight is 324 g/mol. The zero-order valence-electron chi connectivity index (χ0n) is 11.1. The average Bonchev–Trinajstić information content (AvgIpc) is 2.37. The highest BCUT2D eigenvalue weighted by molar-refractivity contribution is 7.89. The Labute approximate surface area is 120 Å². The summed E-state index contributed by atoms with van der Waals surface area (Å²) in [5.74, 6) is 0. The summed E-state index contributed by atoms with van der Waals surface area (Å²) >= 11 is 0. The zero-order chi connectivity index (χ0) is 16.2. The highest BCUT2D eigenvalue weighted by atomic mass is 32.2. The lowest BCUT2D eigenvalue weighted by Crippen LogP contribution is -2.37. The van der Waals surface area contributed by atoms with Gasteiger partial charge in [0.2, 0.25) is 10.0 Å². The topological polar surface area (TPSA) is 101 Å². The van der Waals surface area contributed by atoms with Crippen LogP contribution >= 0.6 is 0 Å². The Kier molecular flexibility index (Phi) is 5.70. The number of halogens is 2. The number of nitro benzene ring substituents is 1. The lowest BCUT2D eigenvalue weighted by Gasteiger charge is -2.21. The molecule has 1 aromatic carbocycles. The van der Waals surface area contributed by atoms with Gasteiger partial charge in [0.25, 0.3) is 12.1 Å². The number of hydrogen-bond donors (Lipinski definition) is 1. The number of rotatable bonds is 7. The fourth-order valence-corrected chi connectivity index (χ4v) is 3.59. The molecule has 0 spiro atoms. The summed E-state index contributed by atoms with van der Waals surface area (Å²) < 4.78 is 50.1. The molecule has 0 aliphatic heterocycles. The first kappa shape index (κ1) is 17.4. The van der Waals surface area contributed by atoms with E-state index in [2.05, 4.69) is 0 Å². The highest BCUT2D eigenvalue weighted by Crippen LogP contribution is 2.29. The molecule has 0 radical (unpaired) electrons. The molecule has 0 aliphatic rings. The van der Waals surface area contributed by atoms with Gasteiger partial charge in [0, 0.05) is 12.6 Å². The predicted molar refractivity (Wildman–Crippen MR) is 69.7 cm³/mol. The van der Waals surface area contributed by atoms with E-state index in [0.29, 0.717) is 4.31 Å². The van der Waals surface area contributed by atoms with Crippen LogP contribution in [0, 0.1) is 17.0 Å². The molecule has 0 saturated carbocycles. The number of benzene rings is 1. The van der Waals surface area contributed by atoms with E-state index in [0.717, 1.165) is 6.07 Å². The highest BCUT2D eigenvalue weighted by Gasteiger charge is 2.34. The number of aliphatic hydroxyl groups is 1. The van der Waals surface area contributed by atoms with Gasteiger partial charge in [-0.3, -0.25) is 10.1 Å². The third-order valence-electron chi connectivity index (χ3n) is 2.68. The molecule has 1 aromatic rings. The summed E-state index contributed by atoms with van der Waals surface area (Å²) in [5.41, 5.74) is -0.617. The van der Waals surface area contributed by atoms with Crippen molar-refractivity contribution in [3.05, 3.63) is 33.9 Å². The van der Waals surface area contributed by atoms with Crippen LogP contribution in [-0.4, -0.2) is 48.9 Å². The van der Waals surface area contributed by atoms with Gasteiger partial charge in [-0.1, -0.05) is 12.1 Å². The fraction of sp³-hybridized carbons (Fsp3) is 0.455. The minimum absolute atomic E-state index is 0.0707. The maximum absolute atomic E-state index is 12.5. The molecule has 0 saturated heterocycles. The maximum Gasteiger partial charge on any atom is 0.289 e. The van der Waals surface area contributed by atoms with Crippen LogP contribution in [0.25, 0.3) is 0 Å². The van der Waals surface area contributed by atoms with Crippen LogP contribution in [0.5, 0.6) is 0 Å². The third kappa shape index (κ3) is 3.93. The van der Waals surface area contributed by atoms with Crippen LogP contribution in [0.4, 0.5) is 14.5 Å². The van der Waals surface area contributed by atoms with Crippen molar-refractivity contribution >= 4 is 15.7 Å². The van der Waals surface area contributed by atoms with Crippen LogP contribution in [0.2, 0.25) is 0 Å². The largest absolute Gasteiger partial charge is 0.395 e. The first-order valence-electron chi connectivity index (χ1n) is 5.85. The molecule has 0 heterocycles. The Hall–Kier alpha value is -1.65. The Morgan fingerprint density at radius 3 is 2.52 bits per heavy atom. The monoisotopic (exact) mass is 324 g/mol. The summed E-state index contributed by atoms with van der Waals surface area (Å²) in [6.45, 7) is -1.06. The lowest BCUT2D eigenvalue weighted by atomic mass is 10.2. The van der Waals surface area contributed by atoms with Gasteiger partial charge < -0.3 is 5.11 Å². The second kappa shape index (κ2) is 6.87. The smallest absolute Gasteiger partial charge is 0.289 e. The molecule has 0 bridgehead atoms. The zero-order valence-corrected chi connectivity index (χ0v) is 11.9. The number of aryl methyl sites for hydroxylation is 1. The number of nitro groups is 1. The molecule has 0 aromatic heterocycles. The minimum atomic E-state index is -4.51. The van der Waals surface area contributed by atoms with E-state index in [1.54, 1.807) is 0 Å². The van der Waals surface area contributed by atoms with E-state index in [9.17, 15) is 27.3 Å². The van der Waals surface area contributed by atoms with Crippen molar-refractivity contribution in [1.29, 1.82) is 0 Å². The van der Waals surface area contributed by atoms with Gasteiger partial charge in [0.1, 0.15) is 0 Å².